The number of tetrazole rings is 1. The van der Waals surface area contributed by atoms with Crippen LogP contribution in [0.4, 0.5) is 0 Å². The summed E-state index contributed by atoms with van der Waals surface area (Å²) in [6.45, 7) is 9.49. The molecule has 4 rings (SSSR count). The fourth-order valence-corrected chi connectivity index (χ4v) is 3.92. The number of benzene rings is 2. The van der Waals surface area contributed by atoms with Gasteiger partial charge in [0.1, 0.15) is 6.33 Å². The highest BCUT2D eigenvalue weighted by Crippen LogP contribution is 2.26. The van der Waals surface area contributed by atoms with Crippen LogP contribution in [0.5, 0.6) is 0 Å². The first-order chi connectivity index (χ1) is 16.1. The Labute approximate surface area is 194 Å². The van der Waals surface area contributed by atoms with Gasteiger partial charge in [0.15, 0.2) is 0 Å². The normalized spacial score (nSPS) is 11.2. The lowest BCUT2D eigenvalue weighted by atomic mass is 10.0. The Morgan fingerprint density at radius 2 is 1.88 bits per heavy atom. The second-order valence-corrected chi connectivity index (χ2v) is 8.66. The summed E-state index contributed by atoms with van der Waals surface area (Å²) >= 11 is 0. The SMILES string of the molecule is C=CCCc1cn(CCC(C)C)c(=O)n1Cc1ccc(-c2ccccc2-n2cnnn2)cc1. The number of para-hydroxylation sites is 1. The number of allylic oxidation sites excluding steroid dienone is 1. The molecule has 2 aromatic heterocycles. The predicted molar refractivity (Wildman–Crippen MR) is 130 cm³/mol. The Morgan fingerprint density at radius 3 is 2.58 bits per heavy atom. The van der Waals surface area contributed by atoms with Gasteiger partial charge in [0.05, 0.1) is 12.2 Å². The lowest BCUT2D eigenvalue weighted by Crippen LogP contribution is -2.26. The summed E-state index contributed by atoms with van der Waals surface area (Å²) in [5, 5.41) is 11.5. The second kappa shape index (κ2) is 10.3. The van der Waals surface area contributed by atoms with Crippen molar-refractivity contribution in [2.24, 2.45) is 5.92 Å². The number of nitrogens with zero attached hydrogens (tertiary/aromatic N) is 6. The van der Waals surface area contributed by atoms with Crippen molar-refractivity contribution < 1.29 is 0 Å². The van der Waals surface area contributed by atoms with Gasteiger partial charge in [-0.3, -0.25) is 9.13 Å². The molecule has 0 aliphatic heterocycles. The molecule has 2 aromatic carbocycles. The zero-order valence-electron chi connectivity index (χ0n) is 19.3. The van der Waals surface area contributed by atoms with Crippen LogP contribution in [0.1, 0.15) is 37.9 Å². The highest BCUT2D eigenvalue weighted by Gasteiger charge is 2.13. The lowest BCUT2D eigenvalue weighted by molar-refractivity contribution is 0.502. The van der Waals surface area contributed by atoms with Crippen LogP contribution in [-0.4, -0.2) is 29.3 Å². The van der Waals surface area contributed by atoms with E-state index in [9.17, 15) is 4.79 Å². The number of aromatic nitrogens is 6. The highest BCUT2D eigenvalue weighted by atomic mass is 16.1. The Hall–Kier alpha value is -3.74. The first-order valence-electron chi connectivity index (χ1n) is 11.4. The molecule has 0 aliphatic rings. The van der Waals surface area contributed by atoms with E-state index in [4.69, 9.17) is 0 Å². The summed E-state index contributed by atoms with van der Waals surface area (Å²) in [4.78, 5) is 13.1. The summed E-state index contributed by atoms with van der Waals surface area (Å²) in [5.74, 6) is 0.556. The molecule has 0 N–H and O–H groups in total. The molecular weight excluding hydrogens is 412 g/mol. The average molecular weight is 443 g/mol. The Balaban J connectivity index is 1.60. The van der Waals surface area contributed by atoms with Gasteiger partial charge in [-0.15, -0.1) is 11.7 Å². The van der Waals surface area contributed by atoms with Crippen LogP contribution in [0.25, 0.3) is 16.8 Å². The van der Waals surface area contributed by atoms with Gasteiger partial charge >= 0.3 is 5.69 Å². The molecule has 170 valence electrons. The minimum absolute atomic E-state index is 0.0582. The third-order valence-corrected chi connectivity index (χ3v) is 5.79. The molecule has 0 spiro atoms. The summed E-state index contributed by atoms with van der Waals surface area (Å²) in [6.07, 6.45) is 8.15. The van der Waals surface area contributed by atoms with Crippen molar-refractivity contribution in [3.63, 3.8) is 0 Å². The zero-order valence-corrected chi connectivity index (χ0v) is 19.3. The molecule has 7 heteroatoms. The fourth-order valence-electron chi connectivity index (χ4n) is 3.92. The van der Waals surface area contributed by atoms with Crippen molar-refractivity contribution in [1.29, 1.82) is 0 Å². The monoisotopic (exact) mass is 442 g/mol. The van der Waals surface area contributed by atoms with Gasteiger partial charge in [-0.1, -0.05) is 62.4 Å². The smallest absolute Gasteiger partial charge is 0.299 e. The Morgan fingerprint density at radius 1 is 1.09 bits per heavy atom. The maximum Gasteiger partial charge on any atom is 0.328 e. The summed E-state index contributed by atoms with van der Waals surface area (Å²) in [7, 11) is 0. The van der Waals surface area contributed by atoms with E-state index in [1.54, 1.807) is 11.0 Å². The van der Waals surface area contributed by atoms with E-state index in [1.807, 2.05) is 39.6 Å². The maximum absolute atomic E-state index is 13.1. The van der Waals surface area contributed by atoms with Gasteiger partial charge in [0, 0.05) is 24.0 Å². The molecule has 0 aliphatic carbocycles. The van der Waals surface area contributed by atoms with E-state index in [0.29, 0.717) is 12.5 Å². The third kappa shape index (κ3) is 5.19. The quantitative estimate of drug-likeness (QED) is 0.339. The molecule has 0 radical (unpaired) electrons. The van der Waals surface area contributed by atoms with Crippen molar-refractivity contribution in [3.05, 3.63) is 95.5 Å². The molecule has 0 unspecified atom stereocenters. The standard InChI is InChI=1S/C26H30N6O/c1-4-5-8-23-18-30(16-15-20(2)3)26(33)31(23)17-21-11-13-22(14-12-21)24-9-6-7-10-25(24)32-19-27-28-29-32/h4,6-7,9-14,18-20H,1,5,8,15-17H2,2-3H3. The molecule has 2 heterocycles. The first kappa shape index (κ1) is 22.5. The summed E-state index contributed by atoms with van der Waals surface area (Å²) < 4.78 is 5.41. The van der Waals surface area contributed by atoms with Gasteiger partial charge in [0.2, 0.25) is 0 Å². The van der Waals surface area contributed by atoms with Gasteiger partial charge < -0.3 is 0 Å². The van der Waals surface area contributed by atoms with Crippen molar-refractivity contribution >= 4 is 0 Å². The molecule has 0 atom stereocenters. The second-order valence-electron chi connectivity index (χ2n) is 8.66. The van der Waals surface area contributed by atoms with Crippen molar-refractivity contribution in [1.82, 2.24) is 29.3 Å². The molecule has 33 heavy (non-hydrogen) atoms. The molecule has 0 bridgehead atoms. The Kier molecular flexibility index (Phi) is 6.98. The third-order valence-electron chi connectivity index (χ3n) is 5.79. The number of aryl methyl sites for hydroxylation is 2. The average Bonchev–Trinajstić information content (AvgIpc) is 3.46. The van der Waals surface area contributed by atoms with Crippen molar-refractivity contribution in [3.8, 4) is 16.8 Å². The molecular formula is C26H30N6O. The van der Waals surface area contributed by atoms with Gasteiger partial charge in [-0.25, -0.2) is 4.79 Å². The topological polar surface area (TPSA) is 70.5 Å². The van der Waals surface area contributed by atoms with Crippen LogP contribution in [0.15, 0.2) is 78.5 Å². The predicted octanol–water partition coefficient (Wildman–Crippen LogP) is 4.51. The fraction of sp³-hybridized carbons (Fsp3) is 0.308. The van der Waals surface area contributed by atoms with Crippen LogP contribution in [0.2, 0.25) is 0 Å². The molecule has 0 amide bonds. The molecule has 0 saturated carbocycles. The van der Waals surface area contributed by atoms with E-state index in [0.717, 1.165) is 53.9 Å². The van der Waals surface area contributed by atoms with Gasteiger partial charge in [0.25, 0.3) is 0 Å². The van der Waals surface area contributed by atoms with Gasteiger partial charge in [-0.05, 0) is 52.8 Å². The van der Waals surface area contributed by atoms with Crippen LogP contribution in [0.3, 0.4) is 0 Å². The van der Waals surface area contributed by atoms with E-state index in [-0.39, 0.29) is 5.69 Å². The summed E-state index contributed by atoms with van der Waals surface area (Å²) in [5.41, 5.74) is 5.22. The largest absolute Gasteiger partial charge is 0.328 e. The molecule has 7 nitrogen and oxygen atoms in total. The molecule has 0 fully saturated rings. The highest BCUT2D eigenvalue weighted by molar-refractivity contribution is 5.72. The number of imidazole rings is 1. The van der Waals surface area contributed by atoms with Crippen molar-refractivity contribution in [2.45, 2.75) is 46.2 Å². The van der Waals surface area contributed by atoms with E-state index >= 15 is 0 Å². The minimum atomic E-state index is 0.0582. The first-order valence-corrected chi connectivity index (χ1v) is 11.4. The van der Waals surface area contributed by atoms with Crippen LogP contribution in [-0.2, 0) is 19.5 Å². The number of hydrogen-bond acceptors (Lipinski definition) is 4. The summed E-state index contributed by atoms with van der Waals surface area (Å²) in [6, 6.07) is 16.4. The van der Waals surface area contributed by atoms with Gasteiger partial charge in [-0.2, -0.15) is 4.68 Å². The zero-order chi connectivity index (χ0) is 23.2. The minimum Gasteiger partial charge on any atom is -0.299 e. The number of rotatable bonds is 10. The van der Waals surface area contributed by atoms with Crippen LogP contribution < -0.4 is 5.69 Å². The van der Waals surface area contributed by atoms with E-state index < -0.39 is 0 Å². The molecule has 4 aromatic rings. The molecule has 0 saturated heterocycles. The van der Waals surface area contributed by atoms with E-state index in [1.165, 1.54) is 0 Å². The maximum atomic E-state index is 13.1. The number of hydrogen-bond donors (Lipinski definition) is 0. The Bertz CT molecular complexity index is 1250. The van der Waals surface area contributed by atoms with Crippen LogP contribution >= 0.6 is 0 Å². The van der Waals surface area contributed by atoms with E-state index in [2.05, 4.69) is 66.3 Å². The lowest BCUT2D eigenvalue weighted by Gasteiger charge is -2.11. The van der Waals surface area contributed by atoms with Crippen molar-refractivity contribution in [2.75, 3.05) is 0 Å². The van der Waals surface area contributed by atoms with Crippen LogP contribution in [0, 0.1) is 5.92 Å².